The molecule has 0 spiro atoms. The van der Waals surface area contributed by atoms with E-state index < -0.39 is 19.2 Å². The topological polar surface area (TPSA) is 80.3 Å². The molecule has 10 nitrogen and oxygen atoms in total. The summed E-state index contributed by atoms with van der Waals surface area (Å²) < 4.78 is 82.1. The zero-order chi connectivity index (χ0) is 39.3. The van der Waals surface area contributed by atoms with Crippen molar-refractivity contribution in [2.75, 3.05) is 54.1 Å². The average molecular weight is 789 g/mol. The first-order valence-electron chi connectivity index (χ1n) is 19.7. The van der Waals surface area contributed by atoms with E-state index in [9.17, 15) is 13.2 Å². The number of hydrogen-bond donors (Lipinski definition) is 0. The number of rotatable bonds is 8. The van der Waals surface area contributed by atoms with Crippen molar-refractivity contribution in [1.82, 2.24) is 9.80 Å². The van der Waals surface area contributed by atoms with Gasteiger partial charge in [-0.3, -0.25) is 9.80 Å². The van der Waals surface area contributed by atoms with Gasteiger partial charge in [-0.25, -0.2) is 0 Å². The van der Waals surface area contributed by atoms with Crippen LogP contribution in [0.1, 0.15) is 76.4 Å². The molecule has 13 heteroatoms. The predicted octanol–water partition coefficient (Wildman–Crippen LogP) is 8.28. The largest absolute Gasteiger partial charge is 0.493 e. The number of hydrogen-bond acceptors (Lipinski definition) is 10. The van der Waals surface area contributed by atoms with Gasteiger partial charge in [-0.15, -0.1) is 0 Å². The van der Waals surface area contributed by atoms with Crippen molar-refractivity contribution in [2.24, 2.45) is 0 Å². The van der Waals surface area contributed by atoms with Gasteiger partial charge in [-0.05, 0) is 125 Å². The lowest BCUT2D eigenvalue weighted by Gasteiger charge is -2.41. The van der Waals surface area contributed by atoms with Gasteiger partial charge in [0.15, 0.2) is 46.0 Å². The number of halogens is 3. The minimum atomic E-state index is -4.25. The Balaban J connectivity index is 0.000000149. The van der Waals surface area contributed by atoms with Crippen molar-refractivity contribution < 1.29 is 51.1 Å². The van der Waals surface area contributed by atoms with Gasteiger partial charge >= 0.3 is 6.18 Å². The molecule has 0 amide bonds. The second-order valence-electron chi connectivity index (χ2n) is 15.3. The Hall–Kier alpha value is -5.01. The molecule has 57 heavy (non-hydrogen) atoms. The molecule has 0 N–H and O–H groups in total. The van der Waals surface area contributed by atoms with E-state index in [4.69, 9.17) is 37.9 Å². The third-order valence-corrected chi connectivity index (χ3v) is 11.9. The summed E-state index contributed by atoms with van der Waals surface area (Å²) in [5, 5.41) is 0. The summed E-state index contributed by atoms with van der Waals surface area (Å²) in [6.07, 6.45) is -0.544. The molecule has 10 rings (SSSR count). The molecule has 4 aromatic rings. The van der Waals surface area contributed by atoms with Gasteiger partial charge in [0.2, 0.25) is 13.6 Å². The van der Waals surface area contributed by atoms with Gasteiger partial charge in [0, 0.05) is 38.3 Å². The number of benzene rings is 4. The molecule has 0 aliphatic carbocycles. The van der Waals surface area contributed by atoms with Crippen LogP contribution in [0.15, 0.2) is 48.5 Å². The lowest BCUT2D eigenvalue weighted by molar-refractivity contribution is -0.139. The molecule has 0 bridgehead atoms. The van der Waals surface area contributed by atoms with E-state index in [2.05, 4.69) is 53.1 Å². The number of fused-ring (bicyclic) bond motifs is 10. The fourth-order valence-corrected chi connectivity index (χ4v) is 8.99. The maximum absolute atomic E-state index is 12.5. The third kappa shape index (κ3) is 7.47. The summed E-state index contributed by atoms with van der Waals surface area (Å²) in [6.45, 7) is 6.66. The first-order valence-corrected chi connectivity index (χ1v) is 19.7. The quantitative estimate of drug-likeness (QED) is 0.174. The molecular weight excluding hydrogens is 741 g/mol. The predicted molar refractivity (Wildman–Crippen MR) is 204 cm³/mol. The molecule has 6 aliphatic heterocycles. The van der Waals surface area contributed by atoms with Crippen molar-refractivity contribution in [3.63, 3.8) is 0 Å². The van der Waals surface area contributed by atoms with Gasteiger partial charge < -0.3 is 37.9 Å². The zero-order valence-corrected chi connectivity index (χ0v) is 32.5. The summed E-state index contributed by atoms with van der Waals surface area (Å²) in [7, 11) is 3.22. The molecule has 0 fully saturated rings. The van der Waals surface area contributed by atoms with Crippen molar-refractivity contribution in [3.8, 4) is 46.0 Å². The Bertz CT molecular complexity index is 2160. The molecule has 0 saturated heterocycles. The second-order valence-corrected chi connectivity index (χ2v) is 15.3. The molecule has 302 valence electrons. The summed E-state index contributed by atoms with van der Waals surface area (Å²) in [5.41, 5.74) is 10.2. The second kappa shape index (κ2) is 15.4. The highest BCUT2D eigenvalue weighted by molar-refractivity contribution is 5.55. The smallest absolute Gasteiger partial charge is 0.392 e. The molecule has 2 unspecified atom stereocenters. The maximum atomic E-state index is 12.5. The van der Waals surface area contributed by atoms with Crippen LogP contribution in [0, 0.1) is 0 Å². The van der Waals surface area contributed by atoms with Crippen LogP contribution < -0.4 is 37.9 Å². The first-order chi connectivity index (χ1) is 27.7. The van der Waals surface area contributed by atoms with E-state index in [0.29, 0.717) is 30.9 Å². The minimum Gasteiger partial charge on any atom is -0.493 e. The van der Waals surface area contributed by atoms with Crippen molar-refractivity contribution >= 4 is 0 Å². The number of nitrogens with zero attached hydrogens (tertiary/aromatic N) is 2. The van der Waals surface area contributed by atoms with Gasteiger partial charge in [-0.2, -0.15) is 13.2 Å². The van der Waals surface area contributed by atoms with E-state index in [0.717, 1.165) is 104 Å². The minimum absolute atomic E-state index is 0.187. The Morgan fingerprint density at radius 3 is 1.46 bits per heavy atom. The van der Waals surface area contributed by atoms with Crippen molar-refractivity contribution in [1.29, 1.82) is 0 Å². The summed E-state index contributed by atoms with van der Waals surface area (Å²) in [6, 6.07) is 17.1. The standard InChI is InChI=1S/C22H22F3NO4.C22H25NO4/c1-27-18-9-15-11-26-4-2-13-7-20-21(30-12-29-20)10-16(13)17(26)6-14(15)8-19(18)28-5-3-22(23,24)25;1-3-6-25-20-9-15-7-18-17-11-22-21(26-13-27-22)8-14(17)4-5-23(18)12-16(15)10-19(20)24-2/h7-10,17H,2-6,11-12H2,1H3;8-11,18H,3-7,12-13H2,1-2H3. The molecule has 6 heterocycles. The third-order valence-electron chi connectivity index (χ3n) is 11.9. The van der Waals surface area contributed by atoms with Gasteiger partial charge in [0.1, 0.15) is 0 Å². The molecule has 0 radical (unpaired) electrons. The lowest BCUT2D eigenvalue weighted by atomic mass is 9.83. The van der Waals surface area contributed by atoms with Gasteiger partial charge in [-0.1, -0.05) is 6.92 Å². The van der Waals surface area contributed by atoms with Crippen LogP contribution in [0.2, 0.25) is 0 Å². The van der Waals surface area contributed by atoms with Crippen LogP contribution in [-0.4, -0.2) is 70.1 Å². The van der Waals surface area contributed by atoms with Crippen LogP contribution in [0.4, 0.5) is 13.2 Å². The highest BCUT2D eigenvalue weighted by Gasteiger charge is 2.36. The molecule has 0 saturated carbocycles. The summed E-state index contributed by atoms with van der Waals surface area (Å²) >= 11 is 0. The Morgan fingerprint density at radius 2 is 1.02 bits per heavy atom. The van der Waals surface area contributed by atoms with E-state index in [1.807, 2.05) is 12.1 Å². The van der Waals surface area contributed by atoms with Crippen LogP contribution in [-0.2, 0) is 38.8 Å². The Labute approximate surface area is 330 Å². The Kier molecular flexibility index (Phi) is 10.1. The van der Waals surface area contributed by atoms with Crippen LogP contribution in [0.5, 0.6) is 46.0 Å². The summed E-state index contributed by atoms with van der Waals surface area (Å²) in [4.78, 5) is 5.00. The van der Waals surface area contributed by atoms with E-state index in [1.165, 1.54) is 40.5 Å². The number of alkyl halides is 3. The number of methoxy groups -OCH3 is 2. The van der Waals surface area contributed by atoms with Crippen LogP contribution in [0.25, 0.3) is 0 Å². The molecule has 2 atom stereocenters. The Morgan fingerprint density at radius 1 is 0.579 bits per heavy atom. The van der Waals surface area contributed by atoms with Crippen molar-refractivity contribution in [2.45, 2.75) is 76.8 Å². The zero-order valence-electron chi connectivity index (χ0n) is 32.5. The first kappa shape index (κ1) is 37.6. The molecule has 6 aliphatic rings. The monoisotopic (exact) mass is 788 g/mol. The average Bonchev–Trinajstić information content (AvgIpc) is 3.88. The van der Waals surface area contributed by atoms with Gasteiger partial charge in [0.05, 0.1) is 33.9 Å². The fraction of sp³-hybridized carbons (Fsp3) is 0.455. The van der Waals surface area contributed by atoms with Crippen LogP contribution in [0.3, 0.4) is 0 Å². The van der Waals surface area contributed by atoms with E-state index in [-0.39, 0.29) is 12.8 Å². The molecule has 4 aromatic carbocycles. The highest BCUT2D eigenvalue weighted by atomic mass is 19.4. The fourth-order valence-electron chi connectivity index (χ4n) is 8.99. The van der Waals surface area contributed by atoms with E-state index in [1.54, 1.807) is 7.11 Å². The van der Waals surface area contributed by atoms with E-state index >= 15 is 0 Å². The van der Waals surface area contributed by atoms with Crippen molar-refractivity contribution in [3.05, 3.63) is 93.0 Å². The lowest BCUT2D eigenvalue weighted by Crippen LogP contribution is -2.39. The maximum Gasteiger partial charge on any atom is 0.392 e. The molecular formula is C44H47F3N2O8. The highest BCUT2D eigenvalue weighted by Crippen LogP contribution is 2.47. The van der Waals surface area contributed by atoms with Crippen LogP contribution >= 0.6 is 0 Å². The number of ether oxygens (including phenoxy) is 8. The normalized spacial score (nSPS) is 19.8. The summed E-state index contributed by atoms with van der Waals surface area (Å²) in [5.74, 6) is 5.85. The molecule has 0 aromatic heterocycles. The van der Waals surface area contributed by atoms with Gasteiger partial charge in [0.25, 0.3) is 0 Å². The SMILES string of the molecule is CCCOc1cc2c(cc1OC)CN1CCc3cc4c(cc3C1C2)OCO4.COc1cc2c(cc1OCCC(F)(F)F)CC1c3cc4c(cc3CCN1C2)OCO4.